The molecule has 8 nitrogen and oxygen atoms in total. The number of hydrogen-bond donors (Lipinski definition) is 2. The first-order valence-electron chi connectivity index (χ1n) is 10.3. The summed E-state index contributed by atoms with van der Waals surface area (Å²) in [4.78, 5) is 4.78. The van der Waals surface area contributed by atoms with Gasteiger partial charge in [0.05, 0.1) is 5.60 Å². The summed E-state index contributed by atoms with van der Waals surface area (Å²) in [5, 5.41) is 15.4. The van der Waals surface area contributed by atoms with Crippen LogP contribution in [0.5, 0.6) is 0 Å². The van der Waals surface area contributed by atoms with Gasteiger partial charge in [0, 0.05) is 45.2 Å². The van der Waals surface area contributed by atoms with Gasteiger partial charge in [-0.2, -0.15) is 11.8 Å². The summed E-state index contributed by atoms with van der Waals surface area (Å²) in [5.74, 6) is 4.91. The van der Waals surface area contributed by atoms with Crippen molar-refractivity contribution in [1.82, 2.24) is 25.4 Å². The van der Waals surface area contributed by atoms with Crippen molar-refractivity contribution < 1.29 is 9.47 Å². The standard InChI is InChI=1S/C19H34N6O2S/c1-4-26-9-5-8-20-18(21-13-17-24-23-15(2)25(17)3)22-16-6-10-27-19(12-16)7-11-28-14-19/h16H,4-14H2,1-3H3,(H2,20,21,22). The van der Waals surface area contributed by atoms with Gasteiger partial charge in [-0.25, -0.2) is 4.99 Å². The van der Waals surface area contributed by atoms with E-state index in [0.717, 1.165) is 75.4 Å². The Balaban J connectivity index is 1.59. The summed E-state index contributed by atoms with van der Waals surface area (Å²) in [6.07, 6.45) is 4.16. The number of guanidine groups is 1. The van der Waals surface area contributed by atoms with Crippen LogP contribution in [0.4, 0.5) is 0 Å². The second-order valence-electron chi connectivity index (χ2n) is 7.53. The van der Waals surface area contributed by atoms with Gasteiger partial charge in [-0.05, 0) is 45.3 Å². The number of thioether (sulfide) groups is 1. The van der Waals surface area contributed by atoms with Crippen LogP contribution in [0.2, 0.25) is 0 Å². The van der Waals surface area contributed by atoms with Crippen LogP contribution in [-0.4, -0.2) is 70.2 Å². The molecule has 3 heterocycles. The summed E-state index contributed by atoms with van der Waals surface area (Å²) in [6.45, 7) is 7.64. The zero-order valence-corrected chi connectivity index (χ0v) is 18.2. The lowest BCUT2D eigenvalue weighted by Gasteiger charge is -2.38. The highest BCUT2D eigenvalue weighted by Crippen LogP contribution is 2.38. The second kappa shape index (κ2) is 10.5. The molecule has 2 unspecified atom stereocenters. The molecule has 0 bridgehead atoms. The summed E-state index contributed by atoms with van der Waals surface area (Å²) in [7, 11) is 1.97. The Bertz CT molecular complexity index is 644. The predicted octanol–water partition coefficient (Wildman–Crippen LogP) is 1.64. The maximum Gasteiger partial charge on any atom is 0.191 e. The Morgan fingerprint density at radius 1 is 1.46 bits per heavy atom. The van der Waals surface area contributed by atoms with Gasteiger partial charge in [0.1, 0.15) is 12.4 Å². The molecule has 9 heteroatoms. The van der Waals surface area contributed by atoms with Crippen molar-refractivity contribution in [3.05, 3.63) is 11.6 Å². The molecular formula is C19H34N6O2S. The van der Waals surface area contributed by atoms with Crippen molar-refractivity contribution in [2.75, 3.05) is 37.9 Å². The van der Waals surface area contributed by atoms with E-state index < -0.39 is 0 Å². The van der Waals surface area contributed by atoms with Crippen molar-refractivity contribution in [2.24, 2.45) is 12.0 Å². The van der Waals surface area contributed by atoms with Gasteiger partial charge < -0.3 is 24.7 Å². The molecule has 1 aromatic heterocycles. The van der Waals surface area contributed by atoms with Gasteiger partial charge in [0.25, 0.3) is 0 Å². The Kier molecular flexibility index (Phi) is 7.99. The first-order valence-corrected chi connectivity index (χ1v) is 11.5. The van der Waals surface area contributed by atoms with Crippen LogP contribution in [0.1, 0.15) is 44.3 Å². The molecule has 0 saturated carbocycles. The van der Waals surface area contributed by atoms with E-state index in [-0.39, 0.29) is 5.60 Å². The summed E-state index contributed by atoms with van der Waals surface area (Å²) < 4.78 is 13.6. The first kappa shape index (κ1) is 21.4. The minimum absolute atomic E-state index is 0.0569. The monoisotopic (exact) mass is 410 g/mol. The topological polar surface area (TPSA) is 85.6 Å². The molecule has 0 amide bonds. The summed E-state index contributed by atoms with van der Waals surface area (Å²) in [6, 6.07) is 0.381. The molecule has 0 aliphatic carbocycles. The highest BCUT2D eigenvalue weighted by Gasteiger charge is 2.40. The third kappa shape index (κ3) is 5.84. The van der Waals surface area contributed by atoms with Gasteiger partial charge >= 0.3 is 0 Å². The molecule has 1 aromatic rings. The molecule has 2 saturated heterocycles. The lowest BCUT2D eigenvalue weighted by atomic mass is 9.90. The molecule has 0 radical (unpaired) electrons. The van der Waals surface area contributed by atoms with E-state index in [1.165, 1.54) is 5.75 Å². The normalized spacial score (nSPS) is 25.4. The smallest absolute Gasteiger partial charge is 0.191 e. The first-order chi connectivity index (χ1) is 13.6. The molecule has 2 aliphatic heterocycles. The minimum atomic E-state index is 0.0569. The van der Waals surface area contributed by atoms with Crippen molar-refractivity contribution in [3.8, 4) is 0 Å². The number of rotatable bonds is 8. The zero-order valence-electron chi connectivity index (χ0n) is 17.4. The van der Waals surface area contributed by atoms with Crippen molar-refractivity contribution in [2.45, 2.75) is 57.7 Å². The van der Waals surface area contributed by atoms with Gasteiger partial charge in [-0.3, -0.25) is 0 Å². The summed E-state index contributed by atoms with van der Waals surface area (Å²) >= 11 is 2.00. The molecule has 2 N–H and O–H groups in total. The number of nitrogens with one attached hydrogen (secondary N) is 2. The van der Waals surface area contributed by atoms with Crippen LogP contribution in [0.3, 0.4) is 0 Å². The van der Waals surface area contributed by atoms with Gasteiger partial charge in [0.2, 0.25) is 0 Å². The summed E-state index contributed by atoms with van der Waals surface area (Å²) in [5.41, 5.74) is 0.0569. The lowest BCUT2D eigenvalue weighted by Crippen LogP contribution is -2.51. The second-order valence-corrected chi connectivity index (χ2v) is 8.64. The van der Waals surface area contributed by atoms with Crippen LogP contribution in [-0.2, 0) is 23.1 Å². The highest BCUT2D eigenvalue weighted by atomic mass is 32.2. The maximum absolute atomic E-state index is 6.15. The predicted molar refractivity (Wildman–Crippen MR) is 113 cm³/mol. The average Bonchev–Trinajstić information content (AvgIpc) is 3.26. The number of ether oxygens (including phenoxy) is 2. The lowest BCUT2D eigenvalue weighted by molar-refractivity contribution is -0.0679. The van der Waals surface area contributed by atoms with E-state index in [4.69, 9.17) is 14.5 Å². The van der Waals surface area contributed by atoms with Crippen molar-refractivity contribution in [1.29, 1.82) is 0 Å². The molecule has 1 spiro atoms. The molecule has 28 heavy (non-hydrogen) atoms. The highest BCUT2D eigenvalue weighted by molar-refractivity contribution is 7.99. The zero-order chi connectivity index (χ0) is 19.8. The van der Waals surface area contributed by atoms with Crippen LogP contribution < -0.4 is 10.6 Å². The molecule has 2 atom stereocenters. The van der Waals surface area contributed by atoms with Gasteiger partial charge in [-0.15, -0.1) is 10.2 Å². The third-order valence-electron chi connectivity index (χ3n) is 5.42. The van der Waals surface area contributed by atoms with Crippen LogP contribution >= 0.6 is 11.8 Å². The number of nitrogens with zero attached hydrogens (tertiary/aromatic N) is 4. The fourth-order valence-electron chi connectivity index (χ4n) is 3.62. The van der Waals surface area contributed by atoms with E-state index in [9.17, 15) is 0 Å². The number of hydrogen-bond acceptors (Lipinski definition) is 6. The molecule has 2 aliphatic rings. The van der Waals surface area contributed by atoms with E-state index in [0.29, 0.717) is 12.6 Å². The Hall–Kier alpha value is -1.32. The molecular weight excluding hydrogens is 376 g/mol. The van der Waals surface area contributed by atoms with Crippen LogP contribution in [0.15, 0.2) is 4.99 Å². The van der Waals surface area contributed by atoms with Gasteiger partial charge in [-0.1, -0.05) is 0 Å². The van der Waals surface area contributed by atoms with E-state index in [1.807, 2.05) is 37.2 Å². The fraction of sp³-hybridized carbons (Fsp3) is 0.842. The SMILES string of the molecule is CCOCCCNC(=NCc1nnc(C)n1C)NC1CCOC2(CCSC2)C1. The number of aromatic nitrogens is 3. The average molecular weight is 411 g/mol. The Morgan fingerprint density at radius 3 is 3.07 bits per heavy atom. The van der Waals surface area contributed by atoms with E-state index >= 15 is 0 Å². The molecule has 158 valence electrons. The van der Waals surface area contributed by atoms with Crippen molar-refractivity contribution >= 4 is 17.7 Å². The third-order valence-corrected chi connectivity index (χ3v) is 6.65. The molecule has 3 rings (SSSR count). The largest absolute Gasteiger partial charge is 0.382 e. The fourth-order valence-corrected chi connectivity index (χ4v) is 5.00. The molecule has 2 fully saturated rings. The van der Waals surface area contributed by atoms with Gasteiger partial charge in [0.15, 0.2) is 11.8 Å². The number of aryl methyl sites for hydroxylation is 1. The van der Waals surface area contributed by atoms with Crippen LogP contribution in [0, 0.1) is 6.92 Å². The maximum atomic E-state index is 6.15. The minimum Gasteiger partial charge on any atom is -0.382 e. The van der Waals surface area contributed by atoms with Crippen LogP contribution in [0.25, 0.3) is 0 Å². The molecule has 0 aromatic carbocycles. The number of aliphatic imine (C=N–C) groups is 1. The van der Waals surface area contributed by atoms with E-state index in [1.54, 1.807) is 0 Å². The van der Waals surface area contributed by atoms with E-state index in [2.05, 4.69) is 20.8 Å². The quantitative estimate of drug-likeness (QED) is 0.383. The van der Waals surface area contributed by atoms with Crippen molar-refractivity contribution in [3.63, 3.8) is 0 Å². The Labute approximate surface area is 172 Å². The Morgan fingerprint density at radius 2 is 2.36 bits per heavy atom.